The molecule has 0 unspecified atom stereocenters. The molecule has 122 valence electrons. The highest BCUT2D eigenvalue weighted by molar-refractivity contribution is 7.21. The zero-order valence-electron chi connectivity index (χ0n) is 13.3. The summed E-state index contributed by atoms with van der Waals surface area (Å²) in [7, 11) is 0. The molecule has 1 aromatic heterocycles. The van der Waals surface area contributed by atoms with Gasteiger partial charge in [-0.2, -0.15) is 0 Å². The van der Waals surface area contributed by atoms with E-state index in [9.17, 15) is 9.59 Å². The Labute approximate surface area is 139 Å². The molecule has 2 aromatic rings. The minimum Gasteiger partial charge on any atom is -0.480 e. The molecule has 1 amide bonds. The molecular formula is C17H20N2O3S. The van der Waals surface area contributed by atoms with Crippen LogP contribution in [0.4, 0.5) is 0 Å². The monoisotopic (exact) mass is 332 g/mol. The Hall–Kier alpha value is -1.92. The molecule has 1 aromatic carbocycles. The normalized spacial score (nSPS) is 17.4. The first kappa shape index (κ1) is 16.0. The predicted octanol–water partition coefficient (Wildman–Crippen LogP) is 2.44. The van der Waals surface area contributed by atoms with Gasteiger partial charge in [0, 0.05) is 30.9 Å². The molecule has 2 heterocycles. The summed E-state index contributed by atoms with van der Waals surface area (Å²) in [4.78, 5) is 28.4. The van der Waals surface area contributed by atoms with Gasteiger partial charge in [0.1, 0.15) is 6.04 Å². The number of carbonyl (C=O) groups excluding carboxylic acids is 1. The number of thiophene rings is 1. The molecule has 3 rings (SSSR count). The zero-order valence-corrected chi connectivity index (χ0v) is 14.1. The van der Waals surface area contributed by atoms with Crippen molar-refractivity contribution in [1.29, 1.82) is 0 Å². The highest BCUT2D eigenvalue weighted by Crippen LogP contribution is 2.31. The highest BCUT2D eigenvalue weighted by atomic mass is 32.1. The summed E-state index contributed by atoms with van der Waals surface area (Å²) >= 11 is 1.54. The molecule has 0 spiro atoms. The van der Waals surface area contributed by atoms with Gasteiger partial charge < -0.3 is 10.0 Å². The third-order valence-corrected chi connectivity index (χ3v) is 5.81. The van der Waals surface area contributed by atoms with Crippen molar-refractivity contribution in [3.63, 3.8) is 0 Å². The first-order valence-corrected chi connectivity index (χ1v) is 8.55. The van der Waals surface area contributed by atoms with Crippen molar-refractivity contribution < 1.29 is 14.7 Å². The highest BCUT2D eigenvalue weighted by Gasteiger charge is 2.29. The fourth-order valence-electron chi connectivity index (χ4n) is 2.99. The van der Waals surface area contributed by atoms with Gasteiger partial charge in [0.15, 0.2) is 0 Å². The quantitative estimate of drug-likeness (QED) is 0.938. The number of hydrogen-bond acceptors (Lipinski definition) is 4. The van der Waals surface area contributed by atoms with Gasteiger partial charge in [-0.25, -0.2) is 0 Å². The van der Waals surface area contributed by atoms with Crippen LogP contribution >= 0.6 is 11.3 Å². The van der Waals surface area contributed by atoms with Gasteiger partial charge in [-0.15, -0.1) is 11.3 Å². The molecule has 1 fully saturated rings. The lowest BCUT2D eigenvalue weighted by Gasteiger charge is -2.36. The molecule has 0 radical (unpaired) electrons. The Morgan fingerprint density at radius 1 is 1.17 bits per heavy atom. The Bertz CT molecular complexity index is 747. The first-order chi connectivity index (χ1) is 11.0. The van der Waals surface area contributed by atoms with Crippen LogP contribution in [-0.4, -0.2) is 59.0 Å². The number of amides is 1. The maximum Gasteiger partial charge on any atom is 0.320 e. The largest absolute Gasteiger partial charge is 0.480 e. The molecule has 0 saturated carbocycles. The Kier molecular flexibility index (Phi) is 4.37. The van der Waals surface area contributed by atoms with Crippen molar-refractivity contribution in [2.24, 2.45) is 0 Å². The van der Waals surface area contributed by atoms with E-state index in [0.29, 0.717) is 26.2 Å². The molecular weight excluding hydrogens is 312 g/mol. The van der Waals surface area contributed by atoms with E-state index in [-0.39, 0.29) is 5.91 Å². The van der Waals surface area contributed by atoms with E-state index in [1.807, 2.05) is 41.0 Å². The average molecular weight is 332 g/mol. The van der Waals surface area contributed by atoms with Crippen LogP contribution in [0.25, 0.3) is 10.1 Å². The van der Waals surface area contributed by atoms with Crippen molar-refractivity contribution >= 4 is 33.3 Å². The Balaban J connectivity index is 1.74. The smallest absolute Gasteiger partial charge is 0.320 e. The molecule has 1 N–H and O–H groups in total. The van der Waals surface area contributed by atoms with Crippen LogP contribution in [0, 0.1) is 6.92 Å². The van der Waals surface area contributed by atoms with Crippen LogP contribution in [0.1, 0.15) is 22.2 Å². The maximum absolute atomic E-state index is 12.8. The average Bonchev–Trinajstić information content (AvgIpc) is 2.91. The predicted molar refractivity (Wildman–Crippen MR) is 91.1 cm³/mol. The van der Waals surface area contributed by atoms with Gasteiger partial charge in [0.05, 0.1) is 4.88 Å². The zero-order chi connectivity index (χ0) is 16.6. The number of nitrogens with zero attached hydrogens (tertiary/aromatic N) is 2. The van der Waals surface area contributed by atoms with Gasteiger partial charge in [-0.3, -0.25) is 14.5 Å². The molecule has 1 aliphatic heterocycles. The third-order valence-electron chi connectivity index (χ3n) is 4.54. The second-order valence-electron chi connectivity index (χ2n) is 5.89. The number of carbonyl (C=O) groups is 2. The van der Waals surface area contributed by atoms with Crippen molar-refractivity contribution in [2.75, 3.05) is 26.2 Å². The summed E-state index contributed by atoms with van der Waals surface area (Å²) in [5.41, 5.74) is 1.04. The standard InChI is InChI=1S/C17H20N2O3S/c1-11-13-5-3-4-6-14(13)23-15(11)16(20)19-9-7-18(8-10-19)12(2)17(21)22/h3-6,12H,7-10H2,1-2H3,(H,21,22)/t12-/m1/s1. The lowest BCUT2D eigenvalue weighted by molar-refractivity contribution is -0.143. The molecule has 0 bridgehead atoms. The van der Waals surface area contributed by atoms with Crippen molar-refractivity contribution in [3.05, 3.63) is 34.7 Å². The van der Waals surface area contributed by atoms with Crippen LogP contribution in [0.2, 0.25) is 0 Å². The van der Waals surface area contributed by atoms with Crippen LogP contribution < -0.4 is 0 Å². The summed E-state index contributed by atoms with van der Waals surface area (Å²) in [6.45, 7) is 6.03. The minimum absolute atomic E-state index is 0.0614. The van der Waals surface area contributed by atoms with E-state index in [0.717, 1.165) is 20.5 Å². The topological polar surface area (TPSA) is 60.9 Å². The van der Waals surface area contributed by atoms with E-state index >= 15 is 0 Å². The second kappa shape index (κ2) is 6.29. The Morgan fingerprint density at radius 2 is 1.83 bits per heavy atom. The fraction of sp³-hybridized carbons (Fsp3) is 0.412. The Morgan fingerprint density at radius 3 is 2.43 bits per heavy atom. The van der Waals surface area contributed by atoms with E-state index in [4.69, 9.17) is 5.11 Å². The van der Waals surface area contributed by atoms with E-state index < -0.39 is 12.0 Å². The summed E-state index contributed by atoms with van der Waals surface area (Å²) in [6.07, 6.45) is 0. The lowest BCUT2D eigenvalue weighted by Crippen LogP contribution is -2.53. The number of carboxylic acid groups (broad SMARTS) is 1. The van der Waals surface area contributed by atoms with Crippen LogP contribution in [0.5, 0.6) is 0 Å². The number of hydrogen-bond donors (Lipinski definition) is 1. The van der Waals surface area contributed by atoms with Crippen LogP contribution in [0.15, 0.2) is 24.3 Å². The molecule has 0 aliphatic carbocycles. The molecule has 6 heteroatoms. The number of fused-ring (bicyclic) bond motifs is 1. The van der Waals surface area contributed by atoms with E-state index in [2.05, 4.69) is 0 Å². The number of aryl methyl sites for hydroxylation is 1. The van der Waals surface area contributed by atoms with Gasteiger partial charge in [0.25, 0.3) is 5.91 Å². The maximum atomic E-state index is 12.8. The lowest BCUT2D eigenvalue weighted by atomic mass is 10.1. The molecule has 1 saturated heterocycles. The number of benzene rings is 1. The van der Waals surface area contributed by atoms with Gasteiger partial charge >= 0.3 is 5.97 Å². The van der Waals surface area contributed by atoms with E-state index in [1.165, 1.54) is 11.3 Å². The SMILES string of the molecule is Cc1c(C(=O)N2CCN([C@H](C)C(=O)O)CC2)sc2ccccc12. The van der Waals surface area contributed by atoms with Gasteiger partial charge in [-0.1, -0.05) is 18.2 Å². The number of piperazine rings is 1. The van der Waals surface area contributed by atoms with Gasteiger partial charge in [0.2, 0.25) is 0 Å². The fourth-order valence-corrected chi connectivity index (χ4v) is 4.17. The van der Waals surface area contributed by atoms with Crippen molar-refractivity contribution in [2.45, 2.75) is 19.9 Å². The van der Waals surface area contributed by atoms with Crippen LogP contribution in [0.3, 0.4) is 0 Å². The van der Waals surface area contributed by atoms with Gasteiger partial charge in [-0.05, 0) is 30.9 Å². The summed E-state index contributed by atoms with van der Waals surface area (Å²) in [6, 6.07) is 7.56. The van der Waals surface area contributed by atoms with Crippen molar-refractivity contribution in [3.8, 4) is 0 Å². The number of carboxylic acids is 1. The third kappa shape index (κ3) is 2.96. The van der Waals surface area contributed by atoms with E-state index in [1.54, 1.807) is 6.92 Å². The summed E-state index contributed by atoms with van der Waals surface area (Å²) in [5.74, 6) is -0.753. The molecule has 23 heavy (non-hydrogen) atoms. The van der Waals surface area contributed by atoms with Crippen molar-refractivity contribution in [1.82, 2.24) is 9.80 Å². The minimum atomic E-state index is -0.815. The first-order valence-electron chi connectivity index (χ1n) is 7.73. The molecule has 5 nitrogen and oxygen atoms in total. The second-order valence-corrected chi connectivity index (χ2v) is 6.95. The molecule has 1 atom stereocenters. The number of rotatable bonds is 3. The van der Waals surface area contributed by atoms with Crippen LogP contribution in [-0.2, 0) is 4.79 Å². The summed E-state index contributed by atoms with van der Waals surface area (Å²) in [5, 5.41) is 10.2. The number of aliphatic carboxylic acids is 1. The molecule has 1 aliphatic rings. The summed E-state index contributed by atoms with van der Waals surface area (Å²) < 4.78 is 1.13.